The summed E-state index contributed by atoms with van der Waals surface area (Å²) in [6.45, 7) is 5.01. The standard InChI is InChI=1S/C13H18N2O5S/c1-8(2)11(12(16)17)14-13(18)15-21(19,20)10-6-4-9(3)5-7-10/h4-8,11H,1-3H3,(H,16,17)(H2,14,15,18). The Hall–Kier alpha value is -2.09. The fourth-order valence-electron chi connectivity index (χ4n) is 1.58. The molecule has 3 N–H and O–H groups in total. The maximum absolute atomic E-state index is 12.0. The van der Waals surface area contributed by atoms with Crippen LogP contribution in [0.15, 0.2) is 29.2 Å². The van der Waals surface area contributed by atoms with Crippen molar-refractivity contribution in [1.29, 1.82) is 0 Å². The summed E-state index contributed by atoms with van der Waals surface area (Å²) in [5, 5.41) is 11.1. The van der Waals surface area contributed by atoms with Crippen LogP contribution in [0.25, 0.3) is 0 Å². The Kier molecular flexibility index (Phi) is 5.31. The van der Waals surface area contributed by atoms with Gasteiger partial charge in [-0.05, 0) is 25.0 Å². The number of carbonyl (C=O) groups is 2. The number of amides is 2. The van der Waals surface area contributed by atoms with Crippen molar-refractivity contribution < 1.29 is 23.1 Å². The molecule has 2 amide bonds. The minimum absolute atomic E-state index is 0.0697. The van der Waals surface area contributed by atoms with Gasteiger partial charge in [0.15, 0.2) is 0 Å². The third-order valence-corrected chi connectivity index (χ3v) is 4.12. The SMILES string of the molecule is Cc1ccc(S(=O)(=O)NC(=O)NC(C(=O)O)C(C)C)cc1. The van der Waals surface area contributed by atoms with Gasteiger partial charge in [0.05, 0.1) is 4.90 Å². The van der Waals surface area contributed by atoms with E-state index in [1.807, 2.05) is 0 Å². The Balaban J connectivity index is 2.82. The minimum atomic E-state index is -4.03. The smallest absolute Gasteiger partial charge is 0.329 e. The lowest BCUT2D eigenvalue weighted by molar-refractivity contribution is -0.140. The van der Waals surface area contributed by atoms with Crippen LogP contribution in [0, 0.1) is 12.8 Å². The predicted octanol–water partition coefficient (Wildman–Crippen LogP) is 1.09. The van der Waals surface area contributed by atoms with E-state index in [4.69, 9.17) is 5.11 Å². The van der Waals surface area contributed by atoms with E-state index in [1.54, 1.807) is 37.6 Å². The van der Waals surface area contributed by atoms with E-state index in [0.717, 1.165) is 5.56 Å². The quantitative estimate of drug-likeness (QED) is 0.753. The molecule has 0 saturated carbocycles. The first-order valence-electron chi connectivity index (χ1n) is 6.26. The fourth-order valence-corrected chi connectivity index (χ4v) is 2.50. The Labute approximate surface area is 123 Å². The number of carbonyl (C=O) groups excluding carboxylic acids is 1. The molecule has 0 fully saturated rings. The molecule has 0 aliphatic carbocycles. The molecule has 7 nitrogen and oxygen atoms in total. The summed E-state index contributed by atoms with van der Waals surface area (Å²) in [5.41, 5.74) is 0.879. The number of urea groups is 1. The van der Waals surface area contributed by atoms with Crippen LogP contribution in [0.5, 0.6) is 0 Å². The summed E-state index contributed by atoms with van der Waals surface area (Å²) in [6, 6.07) is 3.68. The Bertz CT molecular complexity index is 622. The first-order chi connectivity index (χ1) is 9.63. The van der Waals surface area contributed by atoms with Crippen molar-refractivity contribution in [3.05, 3.63) is 29.8 Å². The van der Waals surface area contributed by atoms with Gasteiger partial charge in [-0.15, -0.1) is 0 Å². The summed E-state index contributed by atoms with van der Waals surface area (Å²) in [4.78, 5) is 22.5. The van der Waals surface area contributed by atoms with E-state index < -0.39 is 28.1 Å². The first kappa shape index (κ1) is 17.0. The van der Waals surface area contributed by atoms with E-state index in [0.29, 0.717) is 0 Å². The van der Waals surface area contributed by atoms with Gasteiger partial charge in [0.2, 0.25) is 0 Å². The number of carboxylic acids is 1. The second kappa shape index (κ2) is 6.57. The molecule has 0 aliphatic heterocycles. The van der Waals surface area contributed by atoms with Crippen molar-refractivity contribution in [3.63, 3.8) is 0 Å². The fraction of sp³-hybridized carbons (Fsp3) is 0.385. The second-order valence-electron chi connectivity index (χ2n) is 4.95. The third kappa shape index (κ3) is 4.75. The number of aliphatic carboxylic acids is 1. The third-order valence-electron chi connectivity index (χ3n) is 2.78. The van der Waals surface area contributed by atoms with Gasteiger partial charge >= 0.3 is 12.0 Å². The molecule has 0 radical (unpaired) electrons. The Morgan fingerprint density at radius 2 is 1.67 bits per heavy atom. The van der Waals surface area contributed by atoms with Crippen LogP contribution in [0.3, 0.4) is 0 Å². The zero-order valence-electron chi connectivity index (χ0n) is 12.0. The highest BCUT2D eigenvalue weighted by Gasteiger charge is 2.25. The van der Waals surface area contributed by atoms with E-state index in [2.05, 4.69) is 5.32 Å². The van der Waals surface area contributed by atoms with Gasteiger partial charge in [0, 0.05) is 0 Å². The van der Waals surface area contributed by atoms with E-state index in [9.17, 15) is 18.0 Å². The van der Waals surface area contributed by atoms with Gasteiger partial charge in [-0.25, -0.2) is 22.7 Å². The van der Waals surface area contributed by atoms with Gasteiger partial charge in [-0.3, -0.25) is 0 Å². The number of nitrogens with one attached hydrogen (secondary N) is 2. The highest BCUT2D eigenvalue weighted by Crippen LogP contribution is 2.10. The van der Waals surface area contributed by atoms with Crippen molar-refractivity contribution in [2.75, 3.05) is 0 Å². The molecule has 1 atom stereocenters. The van der Waals surface area contributed by atoms with Crippen LogP contribution in [0.4, 0.5) is 4.79 Å². The first-order valence-corrected chi connectivity index (χ1v) is 7.74. The maximum Gasteiger partial charge on any atom is 0.329 e. The van der Waals surface area contributed by atoms with E-state index in [1.165, 1.54) is 12.1 Å². The van der Waals surface area contributed by atoms with Crippen LogP contribution < -0.4 is 10.0 Å². The number of sulfonamides is 1. The van der Waals surface area contributed by atoms with Crippen molar-refractivity contribution >= 4 is 22.0 Å². The molecule has 1 rings (SSSR count). The van der Waals surface area contributed by atoms with Crippen LogP contribution in [0.2, 0.25) is 0 Å². The van der Waals surface area contributed by atoms with Crippen LogP contribution in [-0.2, 0) is 14.8 Å². The van der Waals surface area contributed by atoms with Crippen molar-refractivity contribution in [1.82, 2.24) is 10.0 Å². The number of hydrogen-bond donors (Lipinski definition) is 3. The summed E-state index contributed by atoms with van der Waals surface area (Å²) in [5.74, 6) is -1.61. The minimum Gasteiger partial charge on any atom is -0.480 e. The number of aryl methyl sites for hydroxylation is 1. The Morgan fingerprint density at radius 1 is 1.14 bits per heavy atom. The Morgan fingerprint density at radius 3 is 2.10 bits per heavy atom. The number of carboxylic acid groups (broad SMARTS) is 1. The number of benzene rings is 1. The van der Waals surface area contributed by atoms with Gasteiger partial charge in [0.1, 0.15) is 6.04 Å². The van der Waals surface area contributed by atoms with Crippen molar-refractivity contribution in [3.8, 4) is 0 Å². The molecule has 21 heavy (non-hydrogen) atoms. The van der Waals surface area contributed by atoms with Crippen molar-refractivity contribution in [2.45, 2.75) is 31.7 Å². The highest BCUT2D eigenvalue weighted by atomic mass is 32.2. The number of rotatable bonds is 5. The lowest BCUT2D eigenvalue weighted by Crippen LogP contribution is -2.49. The molecule has 0 aliphatic rings. The average Bonchev–Trinajstić information content (AvgIpc) is 2.35. The molecular weight excluding hydrogens is 296 g/mol. The second-order valence-corrected chi connectivity index (χ2v) is 6.63. The highest BCUT2D eigenvalue weighted by molar-refractivity contribution is 7.90. The lowest BCUT2D eigenvalue weighted by Gasteiger charge is -2.18. The lowest BCUT2D eigenvalue weighted by atomic mass is 10.1. The summed E-state index contributed by atoms with van der Waals surface area (Å²) in [7, 11) is -4.03. The normalized spacial score (nSPS) is 12.8. The van der Waals surface area contributed by atoms with Gasteiger partial charge < -0.3 is 10.4 Å². The van der Waals surface area contributed by atoms with Crippen LogP contribution >= 0.6 is 0 Å². The topological polar surface area (TPSA) is 113 Å². The molecule has 0 aromatic heterocycles. The van der Waals surface area contributed by atoms with Crippen LogP contribution in [-0.4, -0.2) is 31.6 Å². The predicted molar refractivity (Wildman–Crippen MR) is 76.3 cm³/mol. The maximum atomic E-state index is 12.0. The van der Waals surface area contributed by atoms with Crippen molar-refractivity contribution in [2.24, 2.45) is 5.92 Å². The molecule has 1 unspecified atom stereocenters. The zero-order valence-corrected chi connectivity index (χ0v) is 12.8. The molecule has 0 heterocycles. The van der Waals surface area contributed by atoms with Gasteiger partial charge in [-0.2, -0.15) is 0 Å². The van der Waals surface area contributed by atoms with E-state index >= 15 is 0 Å². The monoisotopic (exact) mass is 314 g/mol. The van der Waals surface area contributed by atoms with Gasteiger partial charge in [-0.1, -0.05) is 31.5 Å². The zero-order chi connectivity index (χ0) is 16.2. The molecule has 1 aromatic carbocycles. The molecule has 0 saturated heterocycles. The summed E-state index contributed by atoms with van der Waals surface area (Å²) >= 11 is 0. The average molecular weight is 314 g/mol. The molecule has 116 valence electrons. The largest absolute Gasteiger partial charge is 0.480 e. The molecule has 1 aromatic rings. The van der Waals surface area contributed by atoms with Crippen LogP contribution in [0.1, 0.15) is 19.4 Å². The molecule has 8 heteroatoms. The summed E-state index contributed by atoms with van der Waals surface area (Å²) < 4.78 is 25.7. The van der Waals surface area contributed by atoms with E-state index in [-0.39, 0.29) is 10.8 Å². The van der Waals surface area contributed by atoms with Gasteiger partial charge in [0.25, 0.3) is 10.0 Å². The number of hydrogen-bond acceptors (Lipinski definition) is 4. The molecule has 0 bridgehead atoms. The summed E-state index contributed by atoms with van der Waals surface area (Å²) in [6.07, 6.45) is 0. The molecule has 0 spiro atoms. The molecular formula is C13H18N2O5S.